The fourth-order valence-electron chi connectivity index (χ4n) is 1.29. The number of rotatable bonds is 2. The minimum Gasteiger partial charge on any atom is -0.166 e. The molecular formula is C11H10F3. The highest BCUT2D eigenvalue weighted by Gasteiger charge is 2.33. The molecule has 0 aromatic heterocycles. The molecule has 1 aromatic carbocycles. The van der Waals surface area contributed by atoms with Crippen molar-refractivity contribution in [2.75, 3.05) is 0 Å². The maximum atomic E-state index is 12.5. The topological polar surface area (TPSA) is 0 Å². The molecule has 14 heavy (non-hydrogen) atoms. The zero-order valence-corrected chi connectivity index (χ0v) is 7.56. The van der Waals surface area contributed by atoms with Crippen LogP contribution in [0, 0.1) is 6.92 Å². The summed E-state index contributed by atoms with van der Waals surface area (Å²) in [6.45, 7) is 6.99. The van der Waals surface area contributed by atoms with Gasteiger partial charge in [0.2, 0.25) is 0 Å². The Morgan fingerprint density at radius 3 is 2.43 bits per heavy atom. The van der Waals surface area contributed by atoms with Crippen LogP contribution in [0.15, 0.2) is 30.9 Å². The standard InChI is InChI=1S/C11H10F3/c1-3-5-9-8(2)6-4-7-10(9)11(12,13)14/h3-4,6-7H,1-2,5H2. The molecule has 3 heteroatoms. The molecule has 0 spiro atoms. The molecule has 0 nitrogen and oxygen atoms in total. The van der Waals surface area contributed by atoms with Gasteiger partial charge in [-0.25, -0.2) is 0 Å². The van der Waals surface area contributed by atoms with Crippen molar-refractivity contribution in [2.24, 2.45) is 0 Å². The highest BCUT2D eigenvalue weighted by atomic mass is 19.4. The molecule has 75 valence electrons. The summed E-state index contributed by atoms with van der Waals surface area (Å²) in [5.41, 5.74) is -0.0142. The van der Waals surface area contributed by atoms with E-state index in [-0.39, 0.29) is 12.0 Å². The van der Waals surface area contributed by atoms with Crippen LogP contribution in [0.1, 0.15) is 16.7 Å². The number of allylic oxidation sites excluding steroid dienone is 1. The molecule has 0 saturated heterocycles. The van der Waals surface area contributed by atoms with Crippen molar-refractivity contribution in [3.63, 3.8) is 0 Å². The first kappa shape index (κ1) is 10.8. The minimum absolute atomic E-state index is 0.189. The molecule has 0 unspecified atom stereocenters. The quantitative estimate of drug-likeness (QED) is 0.638. The molecule has 0 atom stereocenters. The molecule has 0 aliphatic heterocycles. The Bertz CT molecular complexity index is 337. The predicted octanol–water partition coefficient (Wildman–Crippen LogP) is 3.62. The maximum Gasteiger partial charge on any atom is 0.416 e. The van der Waals surface area contributed by atoms with Gasteiger partial charge in [0.15, 0.2) is 0 Å². The van der Waals surface area contributed by atoms with Gasteiger partial charge in [0.1, 0.15) is 0 Å². The van der Waals surface area contributed by atoms with E-state index in [1.165, 1.54) is 12.1 Å². The molecule has 0 N–H and O–H groups in total. The van der Waals surface area contributed by atoms with Gasteiger partial charge in [0.05, 0.1) is 5.56 Å². The molecule has 0 heterocycles. The van der Waals surface area contributed by atoms with Crippen molar-refractivity contribution in [1.29, 1.82) is 0 Å². The van der Waals surface area contributed by atoms with E-state index in [4.69, 9.17) is 0 Å². The normalized spacial score (nSPS) is 11.4. The summed E-state index contributed by atoms with van der Waals surface area (Å²) in [5, 5.41) is 0. The molecule has 0 aliphatic rings. The van der Waals surface area contributed by atoms with E-state index in [0.717, 1.165) is 6.07 Å². The van der Waals surface area contributed by atoms with Crippen molar-refractivity contribution in [1.82, 2.24) is 0 Å². The van der Waals surface area contributed by atoms with Crippen LogP contribution in [0.5, 0.6) is 0 Å². The molecule has 1 aromatic rings. The number of hydrogen-bond acceptors (Lipinski definition) is 0. The third-order valence-corrected chi connectivity index (χ3v) is 1.93. The fourth-order valence-corrected chi connectivity index (χ4v) is 1.29. The SMILES string of the molecule is [CH2]c1cccc(C(F)(F)F)c1CC=C. The lowest BCUT2D eigenvalue weighted by atomic mass is 9.99. The van der Waals surface area contributed by atoms with Crippen LogP contribution in [0.25, 0.3) is 0 Å². The number of benzene rings is 1. The molecule has 1 radical (unpaired) electrons. The van der Waals surface area contributed by atoms with Crippen LogP contribution in [-0.4, -0.2) is 0 Å². The molecule has 0 aliphatic carbocycles. The summed E-state index contributed by atoms with van der Waals surface area (Å²) in [6, 6.07) is 3.99. The van der Waals surface area contributed by atoms with Crippen LogP contribution in [0.2, 0.25) is 0 Å². The van der Waals surface area contributed by atoms with Crippen LogP contribution >= 0.6 is 0 Å². The Morgan fingerprint density at radius 2 is 1.93 bits per heavy atom. The highest BCUT2D eigenvalue weighted by molar-refractivity contribution is 5.39. The van der Waals surface area contributed by atoms with E-state index in [9.17, 15) is 13.2 Å². The minimum atomic E-state index is -4.31. The molecule has 0 fully saturated rings. The fraction of sp³-hybridized carbons (Fsp3) is 0.182. The predicted molar refractivity (Wildman–Crippen MR) is 49.8 cm³/mol. The Hall–Kier alpha value is -1.25. The second kappa shape index (κ2) is 3.86. The van der Waals surface area contributed by atoms with Crippen molar-refractivity contribution < 1.29 is 13.2 Å². The highest BCUT2D eigenvalue weighted by Crippen LogP contribution is 2.33. The Balaban J connectivity index is 3.28. The van der Waals surface area contributed by atoms with Gasteiger partial charge in [-0.2, -0.15) is 13.2 Å². The third-order valence-electron chi connectivity index (χ3n) is 1.93. The Morgan fingerprint density at radius 1 is 1.29 bits per heavy atom. The Labute approximate surface area is 81.1 Å². The lowest BCUT2D eigenvalue weighted by molar-refractivity contribution is -0.138. The van der Waals surface area contributed by atoms with E-state index >= 15 is 0 Å². The number of halogens is 3. The van der Waals surface area contributed by atoms with Crippen molar-refractivity contribution in [2.45, 2.75) is 12.6 Å². The molecule has 0 saturated carbocycles. The summed E-state index contributed by atoms with van der Waals surface area (Å²) >= 11 is 0. The Kier molecular flexibility index (Phi) is 2.99. The molecule has 0 amide bonds. The van der Waals surface area contributed by atoms with Gasteiger partial charge in [-0.1, -0.05) is 18.2 Å². The van der Waals surface area contributed by atoms with Crippen LogP contribution in [0.3, 0.4) is 0 Å². The summed E-state index contributed by atoms with van der Waals surface area (Å²) in [7, 11) is 0. The van der Waals surface area contributed by atoms with Gasteiger partial charge in [-0.15, -0.1) is 6.58 Å². The lowest BCUT2D eigenvalue weighted by Crippen LogP contribution is -2.09. The molecule has 1 rings (SSSR count). The zero-order valence-electron chi connectivity index (χ0n) is 7.56. The molecular weight excluding hydrogens is 189 g/mol. The van der Waals surface area contributed by atoms with E-state index < -0.39 is 11.7 Å². The zero-order chi connectivity index (χ0) is 10.8. The summed E-state index contributed by atoms with van der Waals surface area (Å²) in [4.78, 5) is 0. The molecule has 0 bridgehead atoms. The van der Waals surface area contributed by atoms with Crippen molar-refractivity contribution in [3.8, 4) is 0 Å². The van der Waals surface area contributed by atoms with Gasteiger partial charge in [-0.05, 0) is 30.5 Å². The number of alkyl halides is 3. The third kappa shape index (κ3) is 2.16. The van der Waals surface area contributed by atoms with Gasteiger partial charge < -0.3 is 0 Å². The summed E-state index contributed by atoms with van der Waals surface area (Å²) < 4.78 is 37.5. The van der Waals surface area contributed by atoms with E-state index in [1.54, 1.807) is 6.07 Å². The summed E-state index contributed by atoms with van der Waals surface area (Å²) in [5.74, 6) is 0. The van der Waals surface area contributed by atoms with Gasteiger partial charge in [0, 0.05) is 0 Å². The average Bonchev–Trinajstić information content (AvgIpc) is 2.07. The largest absolute Gasteiger partial charge is 0.416 e. The summed E-state index contributed by atoms with van der Waals surface area (Å²) in [6.07, 6.45) is -2.68. The smallest absolute Gasteiger partial charge is 0.166 e. The second-order valence-electron chi connectivity index (χ2n) is 2.93. The van der Waals surface area contributed by atoms with Crippen molar-refractivity contribution >= 4 is 0 Å². The van der Waals surface area contributed by atoms with E-state index in [0.29, 0.717) is 5.56 Å². The van der Waals surface area contributed by atoms with Crippen LogP contribution in [0.4, 0.5) is 13.2 Å². The van der Waals surface area contributed by atoms with Crippen LogP contribution < -0.4 is 0 Å². The maximum absolute atomic E-state index is 12.5. The lowest BCUT2D eigenvalue weighted by Gasteiger charge is -2.13. The van der Waals surface area contributed by atoms with Gasteiger partial charge in [-0.3, -0.25) is 0 Å². The van der Waals surface area contributed by atoms with Crippen LogP contribution in [-0.2, 0) is 12.6 Å². The van der Waals surface area contributed by atoms with Crippen molar-refractivity contribution in [3.05, 3.63) is 54.5 Å². The average molecular weight is 199 g/mol. The first-order valence-corrected chi connectivity index (χ1v) is 4.08. The first-order chi connectivity index (χ1) is 6.46. The number of hydrogen-bond donors (Lipinski definition) is 0. The second-order valence-corrected chi connectivity index (χ2v) is 2.93. The van der Waals surface area contributed by atoms with E-state index in [1.807, 2.05) is 0 Å². The monoisotopic (exact) mass is 199 g/mol. The first-order valence-electron chi connectivity index (χ1n) is 4.08. The van der Waals surface area contributed by atoms with Gasteiger partial charge in [0.25, 0.3) is 0 Å². The van der Waals surface area contributed by atoms with E-state index in [2.05, 4.69) is 13.5 Å². The van der Waals surface area contributed by atoms with Gasteiger partial charge >= 0.3 is 6.18 Å².